The molecule has 0 fully saturated rings. The zero-order valence-corrected chi connectivity index (χ0v) is 13.8. The van der Waals surface area contributed by atoms with E-state index in [-0.39, 0.29) is 12.6 Å². The van der Waals surface area contributed by atoms with Crippen molar-refractivity contribution in [2.75, 3.05) is 32.8 Å². The van der Waals surface area contributed by atoms with Gasteiger partial charge in [-0.3, -0.25) is 0 Å². The highest BCUT2D eigenvalue weighted by molar-refractivity contribution is 9.10. The van der Waals surface area contributed by atoms with Crippen LogP contribution in [0, 0.1) is 0 Å². The zero-order chi connectivity index (χ0) is 14.3. The van der Waals surface area contributed by atoms with Crippen LogP contribution < -0.4 is 5.32 Å². The number of nitrogens with zero attached hydrogens (tertiary/aromatic N) is 1. The maximum Gasteiger partial charge on any atom is 0.0627 e. The minimum Gasteiger partial charge on any atom is -0.394 e. The van der Waals surface area contributed by atoms with Crippen LogP contribution in [0.4, 0.5) is 0 Å². The fraction of sp³-hybridized carbons (Fsp3) is 0.571. The third kappa shape index (κ3) is 5.40. The molecular formula is C14H22BrClN2O. The summed E-state index contributed by atoms with van der Waals surface area (Å²) in [6.45, 7) is 8.22. The van der Waals surface area contributed by atoms with Crippen LogP contribution in [0.1, 0.15) is 25.5 Å². The third-order valence-corrected chi connectivity index (χ3v) is 4.07. The first-order valence-corrected chi connectivity index (χ1v) is 7.81. The third-order valence-electron chi connectivity index (χ3n) is 3.23. The average Bonchev–Trinajstić information content (AvgIpc) is 2.42. The number of aliphatic hydroxyl groups excluding tert-OH is 1. The number of likely N-dealkylation sites (N-methyl/N-ethyl adjacent to an activating group) is 1. The molecule has 1 rings (SSSR count). The van der Waals surface area contributed by atoms with E-state index in [4.69, 9.17) is 11.6 Å². The number of aliphatic hydroxyl groups is 1. The van der Waals surface area contributed by atoms with E-state index in [1.54, 1.807) is 0 Å². The summed E-state index contributed by atoms with van der Waals surface area (Å²) in [5, 5.41) is 13.6. The van der Waals surface area contributed by atoms with Crippen molar-refractivity contribution in [3.63, 3.8) is 0 Å². The summed E-state index contributed by atoms with van der Waals surface area (Å²) in [6, 6.07) is 5.57. The molecule has 0 aliphatic rings. The van der Waals surface area contributed by atoms with Crippen LogP contribution in [0.5, 0.6) is 0 Å². The number of hydrogen-bond donors (Lipinski definition) is 2. The molecule has 1 unspecified atom stereocenters. The maximum atomic E-state index is 9.52. The molecule has 0 aromatic heterocycles. The van der Waals surface area contributed by atoms with Crippen LogP contribution in [0.3, 0.4) is 0 Å². The van der Waals surface area contributed by atoms with Crippen molar-refractivity contribution in [1.82, 2.24) is 10.2 Å². The van der Waals surface area contributed by atoms with E-state index >= 15 is 0 Å². The average molecular weight is 350 g/mol. The van der Waals surface area contributed by atoms with Gasteiger partial charge in [0, 0.05) is 22.6 Å². The molecule has 0 bridgehead atoms. The maximum absolute atomic E-state index is 9.52. The Morgan fingerprint density at radius 2 is 2.05 bits per heavy atom. The number of rotatable bonds is 8. The Morgan fingerprint density at radius 3 is 2.63 bits per heavy atom. The highest BCUT2D eigenvalue weighted by Crippen LogP contribution is 2.26. The van der Waals surface area contributed by atoms with Gasteiger partial charge in [0.25, 0.3) is 0 Å². The van der Waals surface area contributed by atoms with Crippen molar-refractivity contribution in [3.05, 3.63) is 33.3 Å². The first-order valence-electron chi connectivity index (χ1n) is 6.63. The van der Waals surface area contributed by atoms with E-state index in [9.17, 15) is 5.11 Å². The Morgan fingerprint density at radius 1 is 1.37 bits per heavy atom. The van der Waals surface area contributed by atoms with E-state index in [1.807, 2.05) is 18.2 Å². The summed E-state index contributed by atoms with van der Waals surface area (Å²) in [5.41, 5.74) is 0.929. The lowest BCUT2D eigenvalue weighted by atomic mass is 10.1. The molecule has 0 heterocycles. The topological polar surface area (TPSA) is 35.5 Å². The fourth-order valence-corrected chi connectivity index (χ4v) is 2.62. The molecule has 0 amide bonds. The molecule has 19 heavy (non-hydrogen) atoms. The Kier molecular flexibility index (Phi) is 7.95. The van der Waals surface area contributed by atoms with E-state index in [0.717, 1.165) is 36.2 Å². The smallest absolute Gasteiger partial charge is 0.0627 e. The zero-order valence-electron chi connectivity index (χ0n) is 11.5. The van der Waals surface area contributed by atoms with Gasteiger partial charge in [-0.25, -0.2) is 0 Å². The van der Waals surface area contributed by atoms with Gasteiger partial charge in [-0.2, -0.15) is 0 Å². The molecule has 0 aliphatic carbocycles. The van der Waals surface area contributed by atoms with Crippen molar-refractivity contribution in [3.8, 4) is 0 Å². The lowest BCUT2D eigenvalue weighted by Gasteiger charge is -2.22. The number of benzene rings is 1. The molecule has 1 aromatic rings. The van der Waals surface area contributed by atoms with Gasteiger partial charge < -0.3 is 15.3 Å². The number of hydrogen-bond acceptors (Lipinski definition) is 3. The predicted molar refractivity (Wildman–Crippen MR) is 84.8 cm³/mol. The molecule has 3 nitrogen and oxygen atoms in total. The van der Waals surface area contributed by atoms with Crippen LogP contribution >= 0.6 is 27.5 Å². The molecule has 0 saturated heterocycles. The van der Waals surface area contributed by atoms with E-state index < -0.39 is 0 Å². The minimum atomic E-state index is -0.124. The van der Waals surface area contributed by atoms with Crippen molar-refractivity contribution >= 4 is 27.5 Å². The van der Waals surface area contributed by atoms with Crippen LogP contribution in [0.25, 0.3) is 0 Å². The van der Waals surface area contributed by atoms with Crippen LogP contribution in [0.15, 0.2) is 22.7 Å². The van der Waals surface area contributed by atoms with E-state index in [2.05, 4.69) is 40.0 Å². The molecule has 1 aromatic carbocycles. The summed E-state index contributed by atoms with van der Waals surface area (Å²) < 4.78 is 0.968. The van der Waals surface area contributed by atoms with Crippen molar-refractivity contribution < 1.29 is 5.11 Å². The van der Waals surface area contributed by atoms with E-state index in [0.29, 0.717) is 5.02 Å². The molecule has 108 valence electrons. The molecule has 0 radical (unpaired) electrons. The summed E-state index contributed by atoms with van der Waals surface area (Å²) in [6.07, 6.45) is 0. The molecule has 5 heteroatoms. The standard InChI is InChI=1S/C14H22BrClN2O/c1-3-18(4-2)8-7-17-14(10-19)12-9-11(15)5-6-13(12)16/h5-6,9,14,17,19H,3-4,7-8,10H2,1-2H3. The Bertz CT molecular complexity index is 386. The largest absolute Gasteiger partial charge is 0.394 e. The fourth-order valence-electron chi connectivity index (χ4n) is 1.99. The molecule has 2 N–H and O–H groups in total. The van der Waals surface area contributed by atoms with Gasteiger partial charge >= 0.3 is 0 Å². The lowest BCUT2D eigenvalue weighted by molar-refractivity contribution is 0.233. The molecule has 0 saturated carbocycles. The summed E-state index contributed by atoms with van der Waals surface area (Å²) >= 11 is 9.61. The van der Waals surface area contributed by atoms with Gasteiger partial charge in [-0.1, -0.05) is 41.4 Å². The number of nitrogens with one attached hydrogen (secondary N) is 1. The van der Waals surface area contributed by atoms with Crippen molar-refractivity contribution in [2.45, 2.75) is 19.9 Å². The monoisotopic (exact) mass is 348 g/mol. The molecule has 0 spiro atoms. The highest BCUT2D eigenvalue weighted by Gasteiger charge is 2.14. The Hall–Kier alpha value is -0.130. The van der Waals surface area contributed by atoms with Gasteiger partial charge in [-0.05, 0) is 36.9 Å². The molecule has 1 atom stereocenters. The summed E-state index contributed by atoms with van der Waals surface area (Å²) in [5.74, 6) is 0. The van der Waals surface area contributed by atoms with Crippen LogP contribution in [0.2, 0.25) is 5.02 Å². The predicted octanol–water partition coefficient (Wildman–Crippen LogP) is 3.07. The van der Waals surface area contributed by atoms with Gasteiger partial charge in [0.2, 0.25) is 0 Å². The highest BCUT2D eigenvalue weighted by atomic mass is 79.9. The second-order valence-corrected chi connectivity index (χ2v) is 5.70. The van der Waals surface area contributed by atoms with Gasteiger partial charge in [0.05, 0.1) is 12.6 Å². The minimum absolute atomic E-state index is 0.0361. The second kappa shape index (κ2) is 8.93. The normalized spacial score (nSPS) is 12.9. The number of halogens is 2. The lowest BCUT2D eigenvalue weighted by Crippen LogP contribution is -2.34. The SMILES string of the molecule is CCN(CC)CCNC(CO)c1cc(Br)ccc1Cl. The summed E-state index contributed by atoms with van der Waals surface area (Å²) in [7, 11) is 0. The first-order chi connectivity index (χ1) is 9.12. The van der Waals surface area contributed by atoms with Crippen molar-refractivity contribution in [1.29, 1.82) is 0 Å². The van der Waals surface area contributed by atoms with Gasteiger partial charge in [-0.15, -0.1) is 0 Å². The second-order valence-electron chi connectivity index (χ2n) is 4.38. The molecule has 0 aliphatic heterocycles. The first kappa shape index (κ1) is 16.9. The van der Waals surface area contributed by atoms with Crippen LogP contribution in [-0.2, 0) is 0 Å². The Balaban J connectivity index is 2.60. The quantitative estimate of drug-likeness (QED) is 0.757. The van der Waals surface area contributed by atoms with Gasteiger partial charge in [0.1, 0.15) is 0 Å². The van der Waals surface area contributed by atoms with E-state index in [1.165, 1.54) is 0 Å². The Labute approximate surface area is 129 Å². The summed E-state index contributed by atoms with van der Waals surface area (Å²) in [4.78, 5) is 2.34. The van der Waals surface area contributed by atoms with Crippen molar-refractivity contribution in [2.24, 2.45) is 0 Å². The molecular weight excluding hydrogens is 328 g/mol. The van der Waals surface area contributed by atoms with Gasteiger partial charge in [0.15, 0.2) is 0 Å². The van der Waals surface area contributed by atoms with Crippen LogP contribution in [-0.4, -0.2) is 42.8 Å².